The van der Waals surface area contributed by atoms with Crippen LogP contribution < -0.4 is 0 Å². The van der Waals surface area contributed by atoms with Gasteiger partial charge in [-0.25, -0.2) is 0 Å². The molecule has 0 aromatic heterocycles. The second-order valence-corrected chi connectivity index (χ2v) is 5.16. The summed E-state index contributed by atoms with van der Waals surface area (Å²) in [6.45, 7) is 1.42. The lowest BCUT2D eigenvalue weighted by Crippen LogP contribution is -2.28. The van der Waals surface area contributed by atoms with E-state index >= 15 is 0 Å². The maximum Gasteiger partial charge on any atom is 0.0433 e. The van der Waals surface area contributed by atoms with Crippen LogP contribution in [0.15, 0.2) is 23.9 Å². The van der Waals surface area contributed by atoms with E-state index < -0.39 is 0 Å². The first-order chi connectivity index (χ1) is 7.81. The van der Waals surface area contributed by atoms with Crippen LogP contribution in [0.1, 0.15) is 32.1 Å². The van der Waals surface area contributed by atoms with Crippen LogP contribution >= 0.6 is 0 Å². The smallest absolute Gasteiger partial charge is 0.0433 e. The predicted molar refractivity (Wildman–Crippen MR) is 67.0 cm³/mol. The van der Waals surface area contributed by atoms with Crippen molar-refractivity contribution in [3.05, 3.63) is 23.9 Å². The third kappa shape index (κ3) is 2.67. The summed E-state index contributed by atoms with van der Waals surface area (Å²) in [7, 11) is 2.13. The van der Waals surface area contributed by atoms with Gasteiger partial charge >= 0.3 is 0 Å². The van der Waals surface area contributed by atoms with Crippen LogP contribution in [-0.4, -0.2) is 30.2 Å². The van der Waals surface area contributed by atoms with Gasteiger partial charge in [0.15, 0.2) is 0 Å². The Balaban J connectivity index is 2.05. The molecule has 2 heteroatoms. The Bertz CT molecular complexity index is 280. The predicted octanol–water partition coefficient (Wildman–Crippen LogP) is 2.56. The van der Waals surface area contributed by atoms with Gasteiger partial charge in [-0.15, -0.1) is 0 Å². The summed E-state index contributed by atoms with van der Waals surface area (Å²) in [5.74, 6) is 1.43. The zero-order chi connectivity index (χ0) is 11.4. The Morgan fingerprint density at radius 1 is 1.38 bits per heavy atom. The lowest BCUT2D eigenvalue weighted by atomic mass is 9.73. The zero-order valence-electron chi connectivity index (χ0n) is 10.2. The van der Waals surface area contributed by atoms with Gasteiger partial charge in [-0.3, -0.25) is 0 Å². The average Bonchev–Trinajstić information content (AvgIpc) is 2.30. The van der Waals surface area contributed by atoms with Gasteiger partial charge in [0.05, 0.1) is 0 Å². The van der Waals surface area contributed by atoms with Crippen molar-refractivity contribution in [2.24, 2.45) is 11.8 Å². The van der Waals surface area contributed by atoms with E-state index in [0.29, 0.717) is 18.4 Å². The lowest BCUT2D eigenvalue weighted by molar-refractivity contribution is 0.190. The van der Waals surface area contributed by atoms with Gasteiger partial charge in [-0.2, -0.15) is 0 Å². The molecule has 2 nitrogen and oxygen atoms in total. The first-order valence-corrected chi connectivity index (χ1v) is 6.49. The molecule has 1 fully saturated rings. The molecule has 2 aliphatic rings. The Morgan fingerprint density at radius 3 is 2.94 bits per heavy atom. The molecule has 90 valence electrons. The van der Waals surface area contributed by atoms with Crippen molar-refractivity contribution in [3.8, 4) is 0 Å². The number of hydrogen-bond donors (Lipinski definition) is 1. The molecule has 0 unspecified atom stereocenters. The third-order valence-electron chi connectivity index (χ3n) is 3.97. The molecule has 1 aliphatic heterocycles. The van der Waals surface area contributed by atoms with E-state index in [1.807, 2.05) is 0 Å². The van der Waals surface area contributed by atoms with Gasteiger partial charge in [0.25, 0.3) is 0 Å². The van der Waals surface area contributed by atoms with Crippen molar-refractivity contribution < 1.29 is 5.11 Å². The summed E-state index contributed by atoms with van der Waals surface area (Å²) >= 11 is 0. The first-order valence-electron chi connectivity index (χ1n) is 6.49. The van der Waals surface area contributed by atoms with Crippen LogP contribution in [-0.2, 0) is 0 Å². The van der Waals surface area contributed by atoms with Crippen molar-refractivity contribution in [1.82, 2.24) is 4.90 Å². The molecule has 0 radical (unpaired) electrons. The Kier molecular flexibility index (Phi) is 4.05. The molecular weight excluding hydrogens is 198 g/mol. The molecule has 0 spiro atoms. The van der Waals surface area contributed by atoms with Gasteiger partial charge < -0.3 is 10.0 Å². The number of hydrogen-bond acceptors (Lipinski definition) is 2. The molecule has 0 amide bonds. The molecule has 0 saturated heterocycles. The largest absolute Gasteiger partial charge is 0.396 e. The monoisotopic (exact) mass is 221 g/mol. The van der Waals surface area contributed by atoms with Crippen molar-refractivity contribution in [2.75, 3.05) is 20.2 Å². The minimum atomic E-state index is 0.347. The van der Waals surface area contributed by atoms with Crippen LogP contribution in [0.4, 0.5) is 0 Å². The average molecular weight is 221 g/mol. The van der Waals surface area contributed by atoms with E-state index in [2.05, 4.69) is 30.3 Å². The number of allylic oxidation sites excluding steroid dienone is 2. The minimum Gasteiger partial charge on any atom is -0.396 e. The number of nitrogens with zero attached hydrogens (tertiary/aromatic N) is 1. The Labute approximate surface area is 98.6 Å². The number of aliphatic hydroxyl groups is 1. The highest BCUT2D eigenvalue weighted by molar-refractivity contribution is 5.22. The summed E-state index contributed by atoms with van der Waals surface area (Å²) in [6.07, 6.45) is 12.9. The van der Waals surface area contributed by atoms with Gasteiger partial charge in [0.1, 0.15) is 0 Å². The second-order valence-electron chi connectivity index (χ2n) is 5.16. The van der Waals surface area contributed by atoms with E-state index in [0.717, 1.165) is 13.0 Å². The highest BCUT2D eigenvalue weighted by Crippen LogP contribution is 2.37. The third-order valence-corrected chi connectivity index (χ3v) is 3.97. The number of aliphatic hydroxyl groups excluding tert-OH is 1. The van der Waals surface area contributed by atoms with Crippen LogP contribution in [0.5, 0.6) is 0 Å². The maximum atomic E-state index is 9.14. The van der Waals surface area contributed by atoms with Gasteiger partial charge in [-0.1, -0.05) is 18.9 Å². The normalized spacial score (nSPS) is 30.4. The Morgan fingerprint density at radius 2 is 2.19 bits per heavy atom. The van der Waals surface area contributed by atoms with Gasteiger partial charge in [0.2, 0.25) is 0 Å². The summed E-state index contributed by atoms with van der Waals surface area (Å²) in [5.41, 5.74) is 1.57. The molecule has 0 aromatic carbocycles. The topological polar surface area (TPSA) is 23.5 Å². The number of likely N-dealkylation sites (N-methyl/N-ethyl adjacent to an activating group) is 1. The van der Waals surface area contributed by atoms with Crippen LogP contribution in [0, 0.1) is 11.8 Å². The van der Waals surface area contributed by atoms with Crippen molar-refractivity contribution in [2.45, 2.75) is 32.1 Å². The first kappa shape index (κ1) is 11.7. The van der Waals surface area contributed by atoms with Crippen molar-refractivity contribution in [1.29, 1.82) is 0 Å². The lowest BCUT2D eigenvalue weighted by Gasteiger charge is -2.35. The summed E-state index contributed by atoms with van der Waals surface area (Å²) in [5, 5.41) is 9.14. The molecule has 2 rings (SSSR count). The standard InChI is InChI=1S/C14H23NO/c1-15-9-4-6-13(11-15)14-7-3-2-5-12(14)8-10-16/h4,6,9,12,14,16H,2-3,5,7-8,10-11H2,1H3/t12-,14+/m0/s1. The van der Waals surface area contributed by atoms with Crippen LogP contribution in [0.25, 0.3) is 0 Å². The minimum absolute atomic E-state index is 0.347. The summed E-state index contributed by atoms with van der Waals surface area (Å²) in [6, 6.07) is 0. The highest BCUT2D eigenvalue weighted by Gasteiger charge is 2.28. The molecule has 2 atom stereocenters. The van der Waals surface area contributed by atoms with E-state index in [-0.39, 0.29) is 0 Å². The molecule has 0 aromatic rings. The van der Waals surface area contributed by atoms with E-state index in [1.165, 1.54) is 25.7 Å². The van der Waals surface area contributed by atoms with E-state index in [4.69, 9.17) is 5.11 Å². The van der Waals surface area contributed by atoms with Crippen molar-refractivity contribution in [3.63, 3.8) is 0 Å². The molecule has 0 bridgehead atoms. The molecule has 1 aliphatic carbocycles. The van der Waals surface area contributed by atoms with E-state index in [1.54, 1.807) is 5.57 Å². The SMILES string of the molecule is CN1C=CC=C([C@@H]2CCCC[C@H]2CCO)C1. The molecule has 1 saturated carbocycles. The van der Waals surface area contributed by atoms with Crippen LogP contribution in [0.2, 0.25) is 0 Å². The second kappa shape index (κ2) is 5.53. The maximum absolute atomic E-state index is 9.14. The van der Waals surface area contributed by atoms with Gasteiger partial charge in [-0.05, 0) is 48.9 Å². The van der Waals surface area contributed by atoms with Crippen LogP contribution in [0.3, 0.4) is 0 Å². The summed E-state index contributed by atoms with van der Waals surface area (Å²) in [4.78, 5) is 2.25. The zero-order valence-corrected chi connectivity index (χ0v) is 10.2. The molecule has 16 heavy (non-hydrogen) atoms. The molecule has 1 heterocycles. The summed E-state index contributed by atoms with van der Waals surface area (Å²) < 4.78 is 0. The Hall–Kier alpha value is -0.760. The van der Waals surface area contributed by atoms with Gasteiger partial charge in [0, 0.05) is 20.2 Å². The highest BCUT2D eigenvalue weighted by atomic mass is 16.3. The fraction of sp³-hybridized carbons (Fsp3) is 0.714. The van der Waals surface area contributed by atoms with Crippen molar-refractivity contribution >= 4 is 0 Å². The quantitative estimate of drug-likeness (QED) is 0.791. The molecular formula is C14H23NO. The fourth-order valence-corrected chi connectivity index (χ4v) is 3.15. The number of rotatable bonds is 3. The molecule has 1 N–H and O–H groups in total. The van der Waals surface area contributed by atoms with E-state index in [9.17, 15) is 0 Å². The fourth-order valence-electron chi connectivity index (χ4n) is 3.15.